The van der Waals surface area contributed by atoms with Crippen LogP contribution in [-0.4, -0.2) is 47.5 Å². The van der Waals surface area contributed by atoms with Crippen molar-refractivity contribution in [2.45, 2.75) is 26.2 Å². The van der Waals surface area contributed by atoms with E-state index in [1.807, 2.05) is 0 Å². The van der Waals surface area contributed by atoms with E-state index in [1.165, 1.54) is 4.90 Å². The molecule has 1 rings (SSSR count). The average molecular weight is 257 g/mol. The zero-order chi connectivity index (χ0) is 13.8. The molecule has 0 atom stereocenters. The predicted molar refractivity (Wildman–Crippen MR) is 63.8 cm³/mol. The number of likely N-dealkylation sites (N-methyl/N-ethyl adjacent to an activating group) is 1. The van der Waals surface area contributed by atoms with Gasteiger partial charge in [-0.1, -0.05) is 6.42 Å². The van der Waals surface area contributed by atoms with Crippen LogP contribution in [0.15, 0.2) is 0 Å². The normalized spacial score (nSPS) is 16.5. The molecule has 7 nitrogen and oxygen atoms in total. The number of carbonyl (C=O) groups is 3. The molecule has 1 aliphatic rings. The van der Waals surface area contributed by atoms with Crippen LogP contribution in [-0.2, 0) is 9.59 Å². The lowest BCUT2D eigenvalue weighted by molar-refractivity contribution is -0.153. The molecule has 0 spiro atoms. The second-order valence-corrected chi connectivity index (χ2v) is 4.58. The Morgan fingerprint density at radius 3 is 2.33 bits per heavy atom. The molecule has 1 saturated carbocycles. The minimum atomic E-state index is -0.882. The lowest BCUT2D eigenvalue weighted by Gasteiger charge is -2.38. The van der Waals surface area contributed by atoms with Crippen LogP contribution < -0.4 is 11.1 Å². The van der Waals surface area contributed by atoms with E-state index in [4.69, 9.17) is 10.8 Å². The first-order chi connectivity index (χ1) is 8.41. The Kier molecular flexibility index (Phi) is 4.52. The zero-order valence-corrected chi connectivity index (χ0v) is 10.4. The quantitative estimate of drug-likeness (QED) is 0.609. The Bertz CT molecular complexity index is 352. The number of hydrogen-bond acceptors (Lipinski definition) is 3. The molecule has 7 heteroatoms. The number of nitrogens with one attached hydrogen (secondary N) is 1. The first kappa shape index (κ1) is 14.3. The molecule has 0 aliphatic heterocycles. The first-order valence-corrected chi connectivity index (χ1v) is 5.96. The molecule has 102 valence electrons. The maximum Gasteiger partial charge on any atom is 0.317 e. The van der Waals surface area contributed by atoms with E-state index in [1.54, 1.807) is 6.92 Å². The van der Waals surface area contributed by atoms with Gasteiger partial charge in [-0.05, 0) is 19.8 Å². The maximum atomic E-state index is 11.7. The van der Waals surface area contributed by atoms with Gasteiger partial charge in [0.1, 0.15) is 6.54 Å². The fourth-order valence-corrected chi connectivity index (χ4v) is 1.94. The SMILES string of the molecule is CCN(CC(N)=O)C(=O)NCC1(C(=O)O)CCC1. The molecule has 0 radical (unpaired) electrons. The topological polar surface area (TPSA) is 113 Å². The summed E-state index contributed by atoms with van der Waals surface area (Å²) >= 11 is 0. The molecule has 0 saturated heterocycles. The molecule has 0 aromatic carbocycles. The number of carboxylic acids is 1. The van der Waals surface area contributed by atoms with E-state index < -0.39 is 23.3 Å². The maximum absolute atomic E-state index is 11.7. The molecular formula is C11H19N3O4. The number of hydrogen-bond donors (Lipinski definition) is 3. The Balaban J connectivity index is 2.49. The molecule has 0 unspecified atom stereocenters. The van der Waals surface area contributed by atoms with Gasteiger partial charge in [-0.2, -0.15) is 0 Å². The molecule has 0 bridgehead atoms. The van der Waals surface area contributed by atoms with Crippen LogP contribution in [0.25, 0.3) is 0 Å². The van der Waals surface area contributed by atoms with Crippen molar-refractivity contribution in [2.24, 2.45) is 11.1 Å². The molecule has 0 aromatic rings. The van der Waals surface area contributed by atoms with E-state index in [0.717, 1.165) is 6.42 Å². The summed E-state index contributed by atoms with van der Waals surface area (Å²) in [6, 6.07) is -0.455. The predicted octanol–water partition coefficient (Wildman–Crippen LogP) is -0.242. The van der Waals surface area contributed by atoms with Crippen molar-refractivity contribution in [1.29, 1.82) is 0 Å². The van der Waals surface area contributed by atoms with Gasteiger partial charge in [-0.15, -0.1) is 0 Å². The molecule has 0 aromatic heterocycles. The number of rotatable bonds is 6. The van der Waals surface area contributed by atoms with E-state index in [0.29, 0.717) is 19.4 Å². The second kappa shape index (κ2) is 5.70. The summed E-state index contributed by atoms with van der Waals surface area (Å²) in [5, 5.41) is 11.7. The fourth-order valence-electron chi connectivity index (χ4n) is 1.94. The number of nitrogens with zero attached hydrogens (tertiary/aromatic N) is 1. The Morgan fingerprint density at radius 1 is 1.39 bits per heavy atom. The van der Waals surface area contributed by atoms with Gasteiger partial charge in [0.25, 0.3) is 0 Å². The van der Waals surface area contributed by atoms with Crippen LogP contribution in [0.1, 0.15) is 26.2 Å². The summed E-state index contributed by atoms with van der Waals surface area (Å²) in [6.07, 6.45) is 2.01. The number of carbonyl (C=O) groups excluding carboxylic acids is 2. The minimum Gasteiger partial charge on any atom is -0.481 e. The smallest absolute Gasteiger partial charge is 0.317 e. The summed E-state index contributed by atoms with van der Waals surface area (Å²) in [4.78, 5) is 34.8. The third-order valence-corrected chi connectivity index (χ3v) is 3.36. The van der Waals surface area contributed by atoms with Crippen molar-refractivity contribution < 1.29 is 19.5 Å². The van der Waals surface area contributed by atoms with Gasteiger partial charge < -0.3 is 21.1 Å². The summed E-state index contributed by atoms with van der Waals surface area (Å²) in [6.45, 7) is 1.99. The van der Waals surface area contributed by atoms with Gasteiger partial charge in [-0.3, -0.25) is 9.59 Å². The van der Waals surface area contributed by atoms with E-state index in [9.17, 15) is 14.4 Å². The van der Waals surface area contributed by atoms with Gasteiger partial charge in [0, 0.05) is 13.1 Å². The largest absolute Gasteiger partial charge is 0.481 e. The molecule has 4 N–H and O–H groups in total. The number of nitrogens with two attached hydrogens (primary N) is 1. The molecule has 18 heavy (non-hydrogen) atoms. The number of carboxylic acid groups (broad SMARTS) is 1. The Hall–Kier alpha value is -1.79. The summed E-state index contributed by atoms with van der Waals surface area (Å²) < 4.78 is 0. The number of urea groups is 1. The van der Waals surface area contributed by atoms with Crippen LogP contribution in [0.2, 0.25) is 0 Å². The van der Waals surface area contributed by atoms with Gasteiger partial charge >= 0.3 is 12.0 Å². The molecule has 1 aliphatic carbocycles. The molecule has 0 heterocycles. The monoisotopic (exact) mass is 257 g/mol. The lowest BCUT2D eigenvalue weighted by Crippen LogP contribution is -2.51. The van der Waals surface area contributed by atoms with Crippen LogP contribution >= 0.6 is 0 Å². The highest BCUT2D eigenvalue weighted by Crippen LogP contribution is 2.40. The van der Waals surface area contributed by atoms with Crippen molar-refractivity contribution >= 4 is 17.9 Å². The van der Waals surface area contributed by atoms with Crippen molar-refractivity contribution in [3.05, 3.63) is 0 Å². The second-order valence-electron chi connectivity index (χ2n) is 4.58. The third-order valence-electron chi connectivity index (χ3n) is 3.36. The summed E-state index contributed by atoms with van der Waals surface area (Å²) in [5.74, 6) is -1.48. The number of primary amides is 1. The highest BCUT2D eigenvalue weighted by molar-refractivity contribution is 5.83. The zero-order valence-electron chi connectivity index (χ0n) is 10.4. The summed E-state index contributed by atoms with van der Waals surface area (Å²) in [5.41, 5.74) is 4.19. The van der Waals surface area contributed by atoms with Crippen molar-refractivity contribution in [2.75, 3.05) is 19.6 Å². The van der Waals surface area contributed by atoms with Gasteiger partial charge in [0.2, 0.25) is 5.91 Å². The minimum absolute atomic E-state index is 0.0937. The first-order valence-electron chi connectivity index (χ1n) is 5.96. The van der Waals surface area contributed by atoms with E-state index in [-0.39, 0.29) is 13.1 Å². The van der Waals surface area contributed by atoms with Gasteiger partial charge in [0.05, 0.1) is 5.41 Å². The average Bonchev–Trinajstić information content (AvgIpc) is 2.23. The van der Waals surface area contributed by atoms with E-state index in [2.05, 4.69) is 5.32 Å². The Morgan fingerprint density at radius 2 is 2.00 bits per heavy atom. The van der Waals surface area contributed by atoms with Gasteiger partial charge in [0.15, 0.2) is 0 Å². The molecule has 1 fully saturated rings. The standard InChI is InChI=1S/C11H19N3O4/c1-2-14(6-8(12)15)10(18)13-7-11(9(16)17)4-3-5-11/h2-7H2,1H3,(H2,12,15)(H,13,18)(H,16,17). The van der Waals surface area contributed by atoms with Gasteiger partial charge in [-0.25, -0.2) is 4.79 Å². The van der Waals surface area contributed by atoms with Crippen molar-refractivity contribution in [3.63, 3.8) is 0 Å². The van der Waals surface area contributed by atoms with E-state index >= 15 is 0 Å². The lowest BCUT2D eigenvalue weighted by atomic mass is 9.69. The molecule has 3 amide bonds. The Labute approximate surface area is 105 Å². The van der Waals surface area contributed by atoms with Crippen LogP contribution in [0.5, 0.6) is 0 Å². The number of amides is 3. The number of aliphatic carboxylic acids is 1. The van der Waals surface area contributed by atoms with Crippen molar-refractivity contribution in [3.8, 4) is 0 Å². The van der Waals surface area contributed by atoms with Crippen molar-refractivity contribution in [1.82, 2.24) is 10.2 Å². The van der Waals surface area contributed by atoms with Crippen LogP contribution in [0.4, 0.5) is 4.79 Å². The highest BCUT2D eigenvalue weighted by atomic mass is 16.4. The highest BCUT2D eigenvalue weighted by Gasteiger charge is 2.44. The fraction of sp³-hybridized carbons (Fsp3) is 0.727. The van der Waals surface area contributed by atoms with Crippen LogP contribution in [0, 0.1) is 5.41 Å². The third kappa shape index (κ3) is 3.12. The molecular weight excluding hydrogens is 238 g/mol. The summed E-state index contributed by atoms with van der Waals surface area (Å²) in [7, 11) is 0. The van der Waals surface area contributed by atoms with Crippen LogP contribution in [0.3, 0.4) is 0 Å².